The van der Waals surface area contributed by atoms with Crippen molar-refractivity contribution in [3.63, 3.8) is 0 Å². The first-order valence-electron chi connectivity index (χ1n) is 10.1. The van der Waals surface area contributed by atoms with E-state index in [4.69, 9.17) is 4.74 Å². The topological polar surface area (TPSA) is 61.8 Å². The van der Waals surface area contributed by atoms with Gasteiger partial charge >= 0.3 is 0 Å². The molecule has 1 aromatic carbocycles. The van der Waals surface area contributed by atoms with Crippen molar-refractivity contribution < 1.29 is 19.0 Å². The monoisotopic (exact) mass is 378 g/mol. The van der Waals surface area contributed by atoms with Gasteiger partial charge in [0.25, 0.3) is 0 Å². The zero-order valence-corrected chi connectivity index (χ0v) is 16.1. The number of hydrogen-bond acceptors (Lipinski definition) is 4. The van der Waals surface area contributed by atoms with Crippen molar-refractivity contribution in [1.29, 1.82) is 0 Å². The number of ether oxygens (including phenoxy) is 1. The average Bonchev–Trinajstić information content (AvgIpc) is 2.67. The van der Waals surface area contributed by atoms with Crippen LogP contribution in [0.25, 0.3) is 0 Å². The Balaban J connectivity index is 1.73. The lowest BCUT2D eigenvalue weighted by Crippen LogP contribution is -2.47. The Labute approximate surface area is 160 Å². The van der Waals surface area contributed by atoms with Gasteiger partial charge in [0.15, 0.2) is 0 Å². The lowest BCUT2D eigenvalue weighted by atomic mass is 9.77. The van der Waals surface area contributed by atoms with E-state index in [0.29, 0.717) is 19.0 Å². The van der Waals surface area contributed by atoms with Crippen molar-refractivity contribution in [1.82, 2.24) is 10.2 Å². The summed E-state index contributed by atoms with van der Waals surface area (Å²) in [7, 11) is 1.54. The van der Waals surface area contributed by atoms with Gasteiger partial charge in [0, 0.05) is 20.2 Å². The van der Waals surface area contributed by atoms with Crippen molar-refractivity contribution in [3.05, 3.63) is 35.1 Å². The predicted molar refractivity (Wildman–Crippen MR) is 102 cm³/mol. The summed E-state index contributed by atoms with van der Waals surface area (Å²) in [5.41, 5.74) is 2.15. The van der Waals surface area contributed by atoms with E-state index in [0.717, 1.165) is 24.8 Å². The average molecular weight is 378 g/mol. The second kappa shape index (κ2) is 9.62. The van der Waals surface area contributed by atoms with E-state index < -0.39 is 6.10 Å². The van der Waals surface area contributed by atoms with E-state index in [2.05, 4.69) is 5.32 Å². The fraction of sp³-hybridized carbons (Fsp3) is 0.667. The van der Waals surface area contributed by atoms with Crippen molar-refractivity contribution in [2.45, 2.75) is 50.7 Å². The molecule has 0 aromatic heterocycles. The van der Waals surface area contributed by atoms with Gasteiger partial charge < -0.3 is 20.1 Å². The first-order valence-corrected chi connectivity index (χ1v) is 10.1. The zero-order chi connectivity index (χ0) is 19.2. The third-order valence-electron chi connectivity index (χ3n) is 5.82. The number of carbonyl (C=O) groups excluding carboxylic acids is 1. The summed E-state index contributed by atoms with van der Waals surface area (Å²) in [6, 6.07) is 4.99. The molecule has 0 spiro atoms. The summed E-state index contributed by atoms with van der Waals surface area (Å²) in [5, 5.41) is 12.8. The molecule has 1 saturated carbocycles. The summed E-state index contributed by atoms with van der Waals surface area (Å²) < 4.78 is 18.9. The van der Waals surface area contributed by atoms with E-state index in [1.807, 2.05) is 11.0 Å². The molecule has 27 heavy (non-hydrogen) atoms. The first kappa shape index (κ1) is 20.2. The number of aliphatic hydroxyl groups is 1. The van der Waals surface area contributed by atoms with Crippen molar-refractivity contribution in [2.75, 3.05) is 33.4 Å². The molecule has 2 unspecified atom stereocenters. The number of hydrogen-bond donors (Lipinski definition) is 2. The van der Waals surface area contributed by atoms with Gasteiger partial charge in [0.2, 0.25) is 5.91 Å². The van der Waals surface area contributed by atoms with Crippen LogP contribution in [0.15, 0.2) is 18.2 Å². The van der Waals surface area contributed by atoms with E-state index in [1.54, 1.807) is 6.07 Å². The maximum Gasteiger partial charge on any atom is 0.237 e. The van der Waals surface area contributed by atoms with Crippen LogP contribution < -0.4 is 5.32 Å². The standard InChI is InChI=1S/C21H31FN2O3/c1-27-14-18(25)12-23-13-20(26)24-10-9-15-7-8-17(22)11-19(15)21(24)16-5-3-2-4-6-16/h7-8,11,16,18,21,23,25H,2-6,9-10,12-14H2,1H3. The quantitative estimate of drug-likeness (QED) is 0.765. The Bertz CT molecular complexity index is 634. The SMILES string of the molecule is COCC(O)CNCC(=O)N1CCc2ccc(F)cc2C1C1CCCCC1. The molecule has 1 aliphatic carbocycles. The number of fused-ring (bicyclic) bond motifs is 1. The summed E-state index contributed by atoms with van der Waals surface area (Å²) in [6.45, 7) is 1.39. The summed E-state index contributed by atoms with van der Waals surface area (Å²) in [5.74, 6) is 0.178. The molecule has 0 saturated heterocycles. The van der Waals surface area contributed by atoms with Gasteiger partial charge in [-0.3, -0.25) is 4.79 Å². The highest BCUT2D eigenvalue weighted by molar-refractivity contribution is 5.79. The number of amides is 1. The van der Waals surface area contributed by atoms with Gasteiger partial charge in [-0.25, -0.2) is 4.39 Å². The molecule has 1 heterocycles. The number of aliphatic hydroxyl groups excluding tert-OH is 1. The van der Waals surface area contributed by atoms with Crippen LogP contribution in [-0.4, -0.2) is 55.4 Å². The third-order valence-corrected chi connectivity index (χ3v) is 5.82. The highest BCUT2D eigenvalue weighted by atomic mass is 19.1. The van der Waals surface area contributed by atoms with Crippen LogP contribution in [-0.2, 0) is 16.0 Å². The Kier molecular flexibility index (Phi) is 7.21. The molecule has 6 heteroatoms. The molecule has 2 N–H and O–H groups in total. The molecule has 1 amide bonds. The zero-order valence-electron chi connectivity index (χ0n) is 16.1. The molecule has 3 rings (SSSR count). The van der Waals surface area contributed by atoms with Crippen LogP contribution in [0.1, 0.15) is 49.3 Å². The molecular weight excluding hydrogens is 347 g/mol. The molecule has 150 valence electrons. The number of carbonyl (C=O) groups is 1. The van der Waals surface area contributed by atoms with E-state index in [1.165, 1.54) is 38.0 Å². The minimum Gasteiger partial charge on any atom is -0.389 e. The second-order valence-electron chi connectivity index (χ2n) is 7.76. The maximum absolute atomic E-state index is 14.0. The lowest BCUT2D eigenvalue weighted by molar-refractivity contribution is -0.135. The fourth-order valence-electron chi connectivity index (χ4n) is 4.55. The molecule has 5 nitrogen and oxygen atoms in total. The largest absolute Gasteiger partial charge is 0.389 e. The summed E-state index contributed by atoms with van der Waals surface area (Å²) in [6.07, 6.45) is 5.90. The van der Waals surface area contributed by atoms with Crippen LogP contribution in [0, 0.1) is 11.7 Å². The molecule has 1 aromatic rings. The Morgan fingerprint density at radius 1 is 1.37 bits per heavy atom. The van der Waals surface area contributed by atoms with E-state index in [9.17, 15) is 14.3 Å². The summed E-state index contributed by atoms with van der Waals surface area (Å²) >= 11 is 0. The van der Waals surface area contributed by atoms with Crippen molar-refractivity contribution >= 4 is 5.91 Å². The fourth-order valence-corrected chi connectivity index (χ4v) is 4.55. The molecule has 2 aliphatic rings. The molecular formula is C21H31FN2O3. The normalized spacial score (nSPS) is 21.7. The van der Waals surface area contributed by atoms with Crippen LogP contribution >= 0.6 is 0 Å². The lowest BCUT2D eigenvalue weighted by Gasteiger charge is -2.43. The highest BCUT2D eigenvalue weighted by Crippen LogP contribution is 2.42. The third kappa shape index (κ3) is 5.06. The Morgan fingerprint density at radius 2 is 2.15 bits per heavy atom. The van der Waals surface area contributed by atoms with Gasteiger partial charge in [-0.05, 0) is 48.4 Å². The van der Waals surface area contributed by atoms with Crippen LogP contribution in [0.4, 0.5) is 4.39 Å². The maximum atomic E-state index is 14.0. The van der Waals surface area contributed by atoms with Gasteiger partial charge in [0.05, 0.1) is 25.3 Å². The predicted octanol–water partition coefficient (Wildman–Crippen LogP) is 2.43. The van der Waals surface area contributed by atoms with Crippen LogP contribution in [0.3, 0.4) is 0 Å². The molecule has 0 radical (unpaired) electrons. The minimum atomic E-state index is -0.631. The number of benzene rings is 1. The molecule has 0 bridgehead atoms. The van der Waals surface area contributed by atoms with Gasteiger partial charge in [0.1, 0.15) is 5.82 Å². The Morgan fingerprint density at radius 3 is 2.89 bits per heavy atom. The van der Waals surface area contributed by atoms with Gasteiger partial charge in [-0.15, -0.1) is 0 Å². The number of halogens is 1. The molecule has 1 fully saturated rings. The first-order chi connectivity index (χ1) is 13.1. The Hall–Kier alpha value is -1.50. The molecule has 1 aliphatic heterocycles. The smallest absolute Gasteiger partial charge is 0.237 e. The highest BCUT2D eigenvalue weighted by Gasteiger charge is 2.36. The minimum absolute atomic E-state index is 0.0186. The van der Waals surface area contributed by atoms with Crippen molar-refractivity contribution in [3.8, 4) is 0 Å². The van der Waals surface area contributed by atoms with Crippen molar-refractivity contribution in [2.24, 2.45) is 5.92 Å². The number of nitrogens with one attached hydrogen (secondary N) is 1. The van der Waals surface area contributed by atoms with Crippen LogP contribution in [0.2, 0.25) is 0 Å². The van der Waals surface area contributed by atoms with E-state index >= 15 is 0 Å². The number of nitrogens with zero attached hydrogens (tertiary/aromatic N) is 1. The number of methoxy groups -OCH3 is 1. The second-order valence-corrected chi connectivity index (χ2v) is 7.76. The summed E-state index contributed by atoms with van der Waals surface area (Å²) in [4.78, 5) is 14.9. The van der Waals surface area contributed by atoms with E-state index in [-0.39, 0.29) is 30.9 Å². The number of rotatable bonds is 7. The van der Waals surface area contributed by atoms with Gasteiger partial charge in [-0.2, -0.15) is 0 Å². The molecule has 2 atom stereocenters. The van der Waals surface area contributed by atoms with Gasteiger partial charge in [-0.1, -0.05) is 25.3 Å². The van der Waals surface area contributed by atoms with Crippen LogP contribution in [0.5, 0.6) is 0 Å².